The van der Waals surface area contributed by atoms with Gasteiger partial charge in [0.2, 0.25) is 0 Å². The molecule has 2 rings (SSSR count). The molecule has 88 valence electrons. The molecule has 4 nitrogen and oxygen atoms in total. The van der Waals surface area contributed by atoms with Crippen LogP contribution < -0.4 is 9.47 Å². The van der Waals surface area contributed by atoms with Gasteiger partial charge in [0.25, 0.3) is 0 Å². The summed E-state index contributed by atoms with van der Waals surface area (Å²) in [7, 11) is 1.58. The predicted octanol–water partition coefficient (Wildman–Crippen LogP) is 2.48. The monoisotopic (exact) mass is 231 g/mol. The van der Waals surface area contributed by atoms with Crippen LogP contribution in [0.5, 0.6) is 11.5 Å². The topological polar surface area (TPSA) is 48.4 Å². The van der Waals surface area contributed by atoms with Gasteiger partial charge in [-0.15, -0.1) is 0 Å². The molecule has 2 aromatic rings. The Labute approximate surface area is 99.2 Å². The molecule has 1 aromatic heterocycles. The van der Waals surface area contributed by atoms with Gasteiger partial charge in [0.05, 0.1) is 12.6 Å². The second kappa shape index (κ2) is 4.41. The molecule has 0 fully saturated rings. The lowest BCUT2D eigenvalue weighted by Crippen LogP contribution is -2.02. The van der Waals surface area contributed by atoms with Gasteiger partial charge in [-0.3, -0.25) is 9.78 Å². The molecule has 0 N–H and O–H groups in total. The number of benzene rings is 1. The highest BCUT2D eigenvalue weighted by Gasteiger charge is 2.08. The summed E-state index contributed by atoms with van der Waals surface area (Å²) in [5.41, 5.74) is 1.65. The van der Waals surface area contributed by atoms with Crippen LogP contribution >= 0.6 is 0 Å². The van der Waals surface area contributed by atoms with Crippen molar-refractivity contribution in [1.29, 1.82) is 0 Å². The molecule has 0 aliphatic heterocycles. The Balaban J connectivity index is 2.62. The number of nitrogens with zero attached hydrogens (tertiary/aromatic N) is 1. The minimum atomic E-state index is -0.362. The van der Waals surface area contributed by atoms with E-state index in [0.717, 1.165) is 16.6 Å². The van der Waals surface area contributed by atoms with Crippen molar-refractivity contribution in [3.05, 3.63) is 30.0 Å². The number of ether oxygens (including phenoxy) is 2. The number of fused-ring (bicyclic) bond motifs is 1. The first-order valence-corrected chi connectivity index (χ1v) is 5.24. The van der Waals surface area contributed by atoms with Crippen molar-refractivity contribution in [3.8, 4) is 11.5 Å². The van der Waals surface area contributed by atoms with Gasteiger partial charge >= 0.3 is 5.97 Å². The van der Waals surface area contributed by atoms with Crippen LogP contribution in [-0.2, 0) is 4.79 Å². The van der Waals surface area contributed by atoms with Gasteiger partial charge in [-0.2, -0.15) is 0 Å². The normalized spacial score (nSPS) is 10.3. The van der Waals surface area contributed by atoms with Crippen LogP contribution in [0, 0.1) is 6.92 Å². The fourth-order valence-electron chi connectivity index (χ4n) is 1.67. The first-order chi connectivity index (χ1) is 8.10. The lowest BCUT2D eigenvalue weighted by Gasteiger charge is -2.08. The standard InChI is InChI=1S/C13H13NO3/c1-8-4-5-11-12(14-8)6-10(17-9(2)15)7-13(11)16-3/h4-7H,1-3H3. The lowest BCUT2D eigenvalue weighted by molar-refractivity contribution is -0.131. The summed E-state index contributed by atoms with van der Waals surface area (Å²) in [5, 5.41) is 0.897. The minimum Gasteiger partial charge on any atom is -0.496 e. The highest BCUT2D eigenvalue weighted by molar-refractivity contribution is 5.87. The lowest BCUT2D eigenvalue weighted by atomic mass is 10.1. The first kappa shape index (κ1) is 11.4. The van der Waals surface area contributed by atoms with E-state index in [-0.39, 0.29) is 5.97 Å². The molecule has 1 aromatic carbocycles. The van der Waals surface area contributed by atoms with E-state index < -0.39 is 0 Å². The molecule has 0 amide bonds. The molecule has 1 heterocycles. The SMILES string of the molecule is COc1cc(OC(C)=O)cc2nc(C)ccc12. The molecule has 0 bridgehead atoms. The fourth-order valence-corrected chi connectivity index (χ4v) is 1.67. The number of hydrogen-bond acceptors (Lipinski definition) is 4. The molecule has 0 aliphatic carbocycles. The van der Waals surface area contributed by atoms with Crippen molar-refractivity contribution in [2.75, 3.05) is 7.11 Å². The van der Waals surface area contributed by atoms with E-state index in [1.165, 1.54) is 6.92 Å². The smallest absolute Gasteiger partial charge is 0.308 e. The van der Waals surface area contributed by atoms with Crippen molar-refractivity contribution in [2.24, 2.45) is 0 Å². The molecule has 17 heavy (non-hydrogen) atoms. The third-order valence-electron chi connectivity index (χ3n) is 2.36. The third kappa shape index (κ3) is 2.36. The Morgan fingerprint density at radius 2 is 2.06 bits per heavy atom. The van der Waals surface area contributed by atoms with Gasteiger partial charge in [0, 0.05) is 30.1 Å². The third-order valence-corrected chi connectivity index (χ3v) is 2.36. The van der Waals surface area contributed by atoms with Crippen LogP contribution in [0.1, 0.15) is 12.6 Å². The second-order valence-electron chi connectivity index (χ2n) is 3.74. The number of methoxy groups -OCH3 is 1. The van der Waals surface area contributed by atoms with Crippen molar-refractivity contribution in [2.45, 2.75) is 13.8 Å². The Morgan fingerprint density at radius 1 is 1.29 bits per heavy atom. The highest BCUT2D eigenvalue weighted by Crippen LogP contribution is 2.30. The zero-order valence-electron chi connectivity index (χ0n) is 9.98. The number of aryl methyl sites for hydroxylation is 1. The summed E-state index contributed by atoms with van der Waals surface area (Å²) in [6.45, 7) is 3.27. The van der Waals surface area contributed by atoms with Crippen LogP contribution in [0.3, 0.4) is 0 Å². The molecule has 0 atom stereocenters. The Bertz CT molecular complexity index is 578. The average Bonchev–Trinajstić information content (AvgIpc) is 2.26. The molecule has 0 radical (unpaired) electrons. The van der Waals surface area contributed by atoms with E-state index in [2.05, 4.69) is 4.98 Å². The summed E-state index contributed by atoms with van der Waals surface area (Å²) < 4.78 is 10.3. The molecular formula is C13H13NO3. The van der Waals surface area contributed by atoms with Crippen molar-refractivity contribution >= 4 is 16.9 Å². The summed E-state index contributed by atoms with van der Waals surface area (Å²) >= 11 is 0. The maximum absolute atomic E-state index is 10.9. The number of rotatable bonds is 2. The molecule has 0 aliphatic rings. The quantitative estimate of drug-likeness (QED) is 0.588. The number of esters is 1. The van der Waals surface area contributed by atoms with Gasteiger partial charge in [-0.05, 0) is 19.1 Å². The van der Waals surface area contributed by atoms with E-state index >= 15 is 0 Å². The largest absolute Gasteiger partial charge is 0.496 e. The maximum Gasteiger partial charge on any atom is 0.308 e. The number of pyridine rings is 1. The zero-order chi connectivity index (χ0) is 12.4. The summed E-state index contributed by atoms with van der Waals surface area (Å²) in [6, 6.07) is 7.26. The number of carbonyl (C=O) groups excluding carboxylic acids is 1. The van der Waals surface area contributed by atoms with Crippen LogP contribution in [0.15, 0.2) is 24.3 Å². The Morgan fingerprint density at radius 3 is 2.71 bits per heavy atom. The average molecular weight is 231 g/mol. The van der Waals surface area contributed by atoms with E-state index in [1.54, 1.807) is 19.2 Å². The van der Waals surface area contributed by atoms with Crippen LogP contribution in [0.4, 0.5) is 0 Å². The van der Waals surface area contributed by atoms with Crippen LogP contribution in [-0.4, -0.2) is 18.1 Å². The van der Waals surface area contributed by atoms with Gasteiger partial charge in [-0.1, -0.05) is 0 Å². The summed E-state index contributed by atoms with van der Waals surface area (Å²) in [4.78, 5) is 15.3. The summed E-state index contributed by atoms with van der Waals surface area (Å²) in [5.74, 6) is 0.727. The highest BCUT2D eigenvalue weighted by atomic mass is 16.5. The second-order valence-corrected chi connectivity index (χ2v) is 3.74. The fraction of sp³-hybridized carbons (Fsp3) is 0.231. The minimum absolute atomic E-state index is 0.362. The molecule has 0 unspecified atom stereocenters. The molecular weight excluding hydrogens is 218 g/mol. The van der Waals surface area contributed by atoms with Gasteiger partial charge in [0.1, 0.15) is 11.5 Å². The van der Waals surface area contributed by atoms with E-state index in [4.69, 9.17) is 9.47 Å². The maximum atomic E-state index is 10.9. The predicted molar refractivity (Wildman–Crippen MR) is 64.3 cm³/mol. The number of aromatic nitrogens is 1. The van der Waals surface area contributed by atoms with Gasteiger partial charge < -0.3 is 9.47 Å². The number of hydrogen-bond donors (Lipinski definition) is 0. The molecule has 0 spiro atoms. The molecule has 4 heteroatoms. The van der Waals surface area contributed by atoms with Crippen LogP contribution in [0.2, 0.25) is 0 Å². The van der Waals surface area contributed by atoms with E-state index in [9.17, 15) is 4.79 Å². The van der Waals surface area contributed by atoms with Crippen molar-refractivity contribution in [1.82, 2.24) is 4.98 Å². The Hall–Kier alpha value is -2.10. The van der Waals surface area contributed by atoms with E-state index in [1.807, 2.05) is 19.1 Å². The molecule has 0 saturated carbocycles. The van der Waals surface area contributed by atoms with Gasteiger partial charge in [0.15, 0.2) is 0 Å². The Kier molecular flexibility index (Phi) is 2.95. The van der Waals surface area contributed by atoms with Gasteiger partial charge in [-0.25, -0.2) is 0 Å². The first-order valence-electron chi connectivity index (χ1n) is 5.24. The summed E-state index contributed by atoms with van der Waals surface area (Å²) in [6.07, 6.45) is 0. The van der Waals surface area contributed by atoms with Crippen LogP contribution in [0.25, 0.3) is 10.9 Å². The van der Waals surface area contributed by atoms with Crippen molar-refractivity contribution < 1.29 is 14.3 Å². The molecule has 0 saturated heterocycles. The zero-order valence-corrected chi connectivity index (χ0v) is 9.98. The van der Waals surface area contributed by atoms with E-state index in [0.29, 0.717) is 11.5 Å². The van der Waals surface area contributed by atoms with Crippen molar-refractivity contribution in [3.63, 3.8) is 0 Å². The number of carbonyl (C=O) groups is 1.